The van der Waals surface area contributed by atoms with Crippen molar-refractivity contribution in [1.29, 1.82) is 0 Å². The van der Waals surface area contributed by atoms with Crippen molar-refractivity contribution in [2.45, 2.75) is 0 Å². The predicted octanol–water partition coefficient (Wildman–Crippen LogP) is 2.01. The molecule has 0 bridgehead atoms. The monoisotopic (exact) mass is 303 g/mol. The molecule has 1 N–H and O–H groups in total. The number of pyridine rings is 1. The number of carboxylic acids is 1. The normalized spacial score (nSPS) is 10.5. The molecule has 0 aromatic carbocycles. The zero-order chi connectivity index (χ0) is 12.6. The maximum atomic E-state index is 13.4. The van der Waals surface area contributed by atoms with Crippen molar-refractivity contribution in [3.8, 4) is 5.82 Å². The summed E-state index contributed by atoms with van der Waals surface area (Å²) in [7, 11) is 0. The molecule has 2 aromatic rings. The average Bonchev–Trinajstić information content (AvgIpc) is 2.60. The lowest BCUT2D eigenvalue weighted by Gasteiger charge is -2.04. The highest BCUT2D eigenvalue weighted by Crippen LogP contribution is 2.17. The molecule has 8 heteroatoms. The minimum atomic E-state index is -1.30. The molecular formula is C9H4BrF2N3O2. The zero-order valence-corrected chi connectivity index (χ0v) is 9.65. The lowest BCUT2D eigenvalue weighted by atomic mass is 10.4. The highest BCUT2D eigenvalue weighted by atomic mass is 79.9. The zero-order valence-electron chi connectivity index (χ0n) is 8.06. The number of halogens is 3. The summed E-state index contributed by atoms with van der Waals surface area (Å²) in [5.41, 5.74) is -0.283. The van der Waals surface area contributed by atoms with Crippen LogP contribution in [0.4, 0.5) is 8.78 Å². The largest absolute Gasteiger partial charge is 0.477 e. The number of hydrogen-bond donors (Lipinski definition) is 1. The van der Waals surface area contributed by atoms with E-state index >= 15 is 0 Å². The molecule has 17 heavy (non-hydrogen) atoms. The van der Waals surface area contributed by atoms with E-state index in [9.17, 15) is 13.6 Å². The van der Waals surface area contributed by atoms with Gasteiger partial charge in [0, 0.05) is 12.1 Å². The second-order valence-electron chi connectivity index (χ2n) is 3.03. The van der Waals surface area contributed by atoms with Crippen molar-refractivity contribution in [3.63, 3.8) is 0 Å². The van der Waals surface area contributed by atoms with Crippen LogP contribution in [0.1, 0.15) is 10.5 Å². The first kappa shape index (κ1) is 11.6. The van der Waals surface area contributed by atoms with Gasteiger partial charge in [0.2, 0.25) is 0 Å². The number of aromatic carboxylic acids is 1. The van der Waals surface area contributed by atoms with Crippen LogP contribution in [0.2, 0.25) is 0 Å². The Bertz CT molecular complexity index is 600. The van der Waals surface area contributed by atoms with Gasteiger partial charge in [0.05, 0.1) is 6.20 Å². The third kappa shape index (κ3) is 2.16. The third-order valence-electron chi connectivity index (χ3n) is 1.89. The van der Waals surface area contributed by atoms with E-state index < -0.39 is 17.6 Å². The molecular weight excluding hydrogens is 300 g/mol. The van der Waals surface area contributed by atoms with Crippen LogP contribution in [0.25, 0.3) is 5.82 Å². The Morgan fingerprint density at radius 1 is 1.41 bits per heavy atom. The minimum Gasteiger partial charge on any atom is -0.477 e. The Kier molecular flexibility index (Phi) is 2.88. The number of nitrogens with zero attached hydrogens (tertiary/aromatic N) is 3. The summed E-state index contributed by atoms with van der Waals surface area (Å²) in [6.07, 6.45) is 0.777. The fourth-order valence-corrected chi connectivity index (χ4v) is 1.60. The van der Waals surface area contributed by atoms with Gasteiger partial charge in [0.25, 0.3) is 0 Å². The van der Waals surface area contributed by atoms with Crippen molar-refractivity contribution in [1.82, 2.24) is 14.8 Å². The standard InChI is InChI=1S/C9H4BrF2N3O2/c10-7-2-6(9(16)17)15(14-7)8-5(12)1-4(11)3-13-8/h1-3H,(H,16,17). The molecule has 0 aliphatic heterocycles. The molecule has 0 spiro atoms. The highest BCUT2D eigenvalue weighted by Gasteiger charge is 2.18. The van der Waals surface area contributed by atoms with E-state index in [-0.39, 0.29) is 16.1 Å². The van der Waals surface area contributed by atoms with Crippen LogP contribution >= 0.6 is 15.9 Å². The molecule has 0 radical (unpaired) electrons. The van der Waals surface area contributed by atoms with Gasteiger partial charge in [-0.15, -0.1) is 0 Å². The van der Waals surface area contributed by atoms with E-state index in [1.54, 1.807) is 0 Å². The number of rotatable bonds is 2. The molecule has 0 fully saturated rings. The first-order valence-corrected chi connectivity index (χ1v) is 5.08. The Labute approximate surface area is 102 Å². The summed E-state index contributed by atoms with van der Waals surface area (Å²) in [5, 5.41) is 12.6. The van der Waals surface area contributed by atoms with Gasteiger partial charge < -0.3 is 5.11 Å². The van der Waals surface area contributed by atoms with Crippen LogP contribution in [0, 0.1) is 11.6 Å². The van der Waals surface area contributed by atoms with E-state index in [0.717, 1.165) is 10.9 Å². The SMILES string of the molecule is O=C(O)c1cc(Br)nn1-c1ncc(F)cc1F. The molecule has 2 heterocycles. The molecule has 88 valence electrons. The van der Waals surface area contributed by atoms with Gasteiger partial charge in [-0.2, -0.15) is 5.10 Å². The van der Waals surface area contributed by atoms with E-state index in [1.807, 2.05) is 0 Å². The van der Waals surface area contributed by atoms with Crippen LogP contribution in [-0.4, -0.2) is 25.8 Å². The van der Waals surface area contributed by atoms with Crippen LogP contribution in [0.3, 0.4) is 0 Å². The molecule has 2 aromatic heterocycles. The molecule has 0 atom stereocenters. The van der Waals surface area contributed by atoms with Crippen LogP contribution in [-0.2, 0) is 0 Å². The summed E-state index contributed by atoms with van der Waals surface area (Å²) in [5.74, 6) is -3.53. The van der Waals surface area contributed by atoms with Crippen molar-refractivity contribution >= 4 is 21.9 Å². The van der Waals surface area contributed by atoms with Crippen molar-refractivity contribution in [3.05, 3.63) is 40.3 Å². The van der Waals surface area contributed by atoms with Gasteiger partial charge in [-0.05, 0) is 15.9 Å². The predicted molar refractivity (Wildman–Crippen MR) is 55.9 cm³/mol. The molecule has 0 amide bonds. The quantitative estimate of drug-likeness (QED) is 0.921. The summed E-state index contributed by atoms with van der Waals surface area (Å²) in [4.78, 5) is 14.4. The van der Waals surface area contributed by atoms with Gasteiger partial charge in [-0.25, -0.2) is 23.2 Å². The highest BCUT2D eigenvalue weighted by molar-refractivity contribution is 9.10. The van der Waals surface area contributed by atoms with Crippen molar-refractivity contribution < 1.29 is 18.7 Å². The Hall–Kier alpha value is -1.83. The fraction of sp³-hybridized carbons (Fsp3) is 0. The van der Waals surface area contributed by atoms with Crippen LogP contribution in [0.5, 0.6) is 0 Å². The topological polar surface area (TPSA) is 68.0 Å². The van der Waals surface area contributed by atoms with Gasteiger partial charge in [0.1, 0.15) is 10.4 Å². The third-order valence-corrected chi connectivity index (χ3v) is 2.28. The van der Waals surface area contributed by atoms with Crippen LogP contribution < -0.4 is 0 Å². The van der Waals surface area contributed by atoms with Gasteiger partial charge in [-0.3, -0.25) is 0 Å². The fourth-order valence-electron chi connectivity index (χ4n) is 1.23. The average molecular weight is 304 g/mol. The maximum absolute atomic E-state index is 13.4. The number of aromatic nitrogens is 3. The molecule has 0 aliphatic carbocycles. The van der Waals surface area contributed by atoms with Crippen LogP contribution in [0.15, 0.2) is 22.9 Å². The molecule has 2 rings (SSSR count). The Balaban J connectivity index is 2.63. The second-order valence-corrected chi connectivity index (χ2v) is 3.84. The minimum absolute atomic E-state index is 0.209. The summed E-state index contributed by atoms with van der Waals surface area (Å²) < 4.78 is 27.1. The van der Waals surface area contributed by atoms with Gasteiger partial charge in [-0.1, -0.05) is 0 Å². The summed E-state index contributed by atoms with van der Waals surface area (Å²) in [6, 6.07) is 1.79. The Morgan fingerprint density at radius 3 is 2.71 bits per heavy atom. The van der Waals surface area contributed by atoms with Gasteiger partial charge >= 0.3 is 5.97 Å². The molecule has 0 unspecified atom stereocenters. The lowest BCUT2D eigenvalue weighted by Crippen LogP contribution is -2.11. The van der Waals surface area contributed by atoms with E-state index in [2.05, 4.69) is 26.0 Å². The summed E-state index contributed by atoms with van der Waals surface area (Å²) >= 11 is 2.97. The number of carboxylic acid groups (broad SMARTS) is 1. The van der Waals surface area contributed by atoms with E-state index in [0.29, 0.717) is 6.07 Å². The molecule has 5 nitrogen and oxygen atoms in total. The summed E-state index contributed by atoms with van der Waals surface area (Å²) in [6.45, 7) is 0. The Morgan fingerprint density at radius 2 is 2.12 bits per heavy atom. The van der Waals surface area contributed by atoms with E-state index in [1.165, 1.54) is 6.07 Å². The van der Waals surface area contributed by atoms with Crippen molar-refractivity contribution in [2.75, 3.05) is 0 Å². The second kappa shape index (κ2) is 4.21. The molecule has 0 saturated heterocycles. The number of hydrogen-bond acceptors (Lipinski definition) is 3. The molecule has 0 aliphatic rings. The number of carbonyl (C=O) groups is 1. The first-order valence-electron chi connectivity index (χ1n) is 4.29. The lowest BCUT2D eigenvalue weighted by molar-refractivity contribution is 0.0686. The van der Waals surface area contributed by atoms with Crippen molar-refractivity contribution in [2.24, 2.45) is 0 Å². The van der Waals surface area contributed by atoms with E-state index in [4.69, 9.17) is 5.11 Å². The molecule has 0 saturated carbocycles. The van der Waals surface area contributed by atoms with Gasteiger partial charge in [0.15, 0.2) is 17.3 Å². The first-order chi connectivity index (χ1) is 7.99. The smallest absolute Gasteiger partial charge is 0.354 e. The maximum Gasteiger partial charge on any atom is 0.354 e.